The lowest BCUT2D eigenvalue weighted by Gasteiger charge is -2.38. The number of methoxy groups -OCH3 is 6. The van der Waals surface area contributed by atoms with E-state index in [2.05, 4.69) is 0 Å². The summed E-state index contributed by atoms with van der Waals surface area (Å²) in [4.78, 5) is 15.8. The van der Waals surface area contributed by atoms with Crippen molar-refractivity contribution in [3.8, 4) is 40.2 Å². The highest BCUT2D eigenvalue weighted by molar-refractivity contribution is 5.96. The Balaban J connectivity index is 1.76. The standard InChI is InChI=1S/C29H33NO8/c1-32-22-9-7-8-10-23(22)38-17-21-20-16-25(34-3)24(33-2)13-18(20)11-12-30(21)29(31)19-14-26(35-4)28(37-6)27(15-19)36-5/h7-10,13-16,21H,11-12,17H2,1-6H3/t21-/m1/s1. The van der Waals surface area contributed by atoms with Crippen molar-refractivity contribution in [2.24, 2.45) is 0 Å². The van der Waals surface area contributed by atoms with Crippen molar-refractivity contribution in [3.63, 3.8) is 0 Å². The van der Waals surface area contributed by atoms with Crippen LogP contribution in [0.3, 0.4) is 0 Å². The lowest BCUT2D eigenvalue weighted by Crippen LogP contribution is -2.42. The van der Waals surface area contributed by atoms with Gasteiger partial charge >= 0.3 is 0 Å². The van der Waals surface area contributed by atoms with Crippen LogP contribution in [-0.2, 0) is 6.42 Å². The summed E-state index contributed by atoms with van der Waals surface area (Å²) in [7, 11) is 9.35. The van der Waals surface area contributed by atoms with Gasteiger partial charge in [0, 0.05) is 12.1 Å². The molecule has 0 N–H and O–H groups in total. The number of rotatable bonds is 10. The first kappa shape index (κ1) is 26.8. The summed E-state index contributed by atoms with van der Waals surface area (Å²) >= 11 is 0. The molecule has 0 saturated heterocycles. The SMILES string of the molecule is COc1cc2c(cc1OC)[C@@H](COc1ccccc1OC)N(C(=O)c1cc(OC)c(OC)c(OC)c1)CC2. The monoisotopic (exact) mass is 523 g/mol. The zero-order valence-electron chi connectivity index (χ0n) is 22.5. The molecule has 38 heavy (non-hydrogen) atoms. The van der Waals surface area contributed by atoms with E-state index in [1.807, 2.05) is 36.4 Å². The number of carbonyl (C=O) groups is 1. The van der Waals surface area contributed by atoms with Crippen molar-refractivity contribution in [1.82, 2.24) is 4.90 Å². The van der Waals surface area contributed by atoms with E-state index < -0.39 is 6.04 Å². The zero-order valence-corrected chi connectivity index (χ0v) is 22.5. The van der Waals surface area contributed by atoms with Crippen molar-refractivity contribution in [2.45, 2.75) is 12.5 Å². The Morgan fingerprint density at radius 2 is 1.32 bits per heavy atom. The lowest BCUT2D eigenvalue weighted by molar-refractivity contribution is 0.0586. The Hall–Kier alpha value is -4.27. The molecule has 0 aliphatic carbocycles. The first-order valence-corrected chi connectivity index (χ1v) is 12.1. The van der Waals surface area contributed by atoms with Crippen LogP contribution in [0.2, 0.25) is 0 Å². The van der Waals surface area contributed by atoms with Gasteiger partial charge in [0.25, 0.3) is 5.91 Å². The van der Waals surface area contributed by atoms with Crippen molar-refractivity contribution in [2.75, 3.05) is 55.8 Å². The summed E-state index contributed by atoms with van der Waals surface area (Å²) in [6.07, 6.45) is 0.636. The third-order valence-electron chi connectivity index (χ3n) is 6.64. The quantitative estimate of drug-likeness (QED) is 0.383. The predicted octanol–water partition coefficient (Wildman–Crippen LogP) is 4.56. The van der Waals surface area contributed by atoms with Crippen LogP contribution < -0.4 is 33.2 Å². The van der Waals surface area contributed by atoms with E-state index in [9.17, 15) is 4.79 Å². The van der Waals surface area contributed by atoms with E-state index in [0.29, 0.717) is 58.8 Å². The summed E-state index contributed by atoms with van der Waals surface area (Å²) in [5, 5.41) is 0. The molecule has 4 rings (SSSR count). The molecular weight excluding hydrogens is 490 g/mol. The maximum atomic E-state index is 14.0. The normalized spacial score (nSPS) is 14.3. The van der Waals surface area contributed by atoms with E-state index in [0.717, 1.165) is 11.1 Å². The van der Waals surface area contributed by atoms with E-state index in [4.69, 9.17) is 33.2 Å². The molecule has 9 heteroatoms. The summed E-state index contributed by atoms with van der Waals surface area (Å²) < 4.78 is 39.2. The van der Waals surface area contributed by atoms with Crippen LogP contribution >= 0.6 is 0 Å². The smallest absolute Gasteiger partial charge is 0.254 e. The molecule has 9 nitrogen and oxygen atoms in total. The molecule has 202 valence electrons. The topological polar surface area (TPSA) is 84.9 Å². The van der Waals surface area contributed by atoms with Gasteiger partial charge in [-0.1, -0.05) is 12.1 Å². The van der Waals surface area contributed by atoms with Crippen LogP contribution in [0, 0.1) is 0 Å². The maximum Gasteiger partial charge on any atom is 0.254 e. The van der Waals surface area contributed by atoms with Gasteiger partial charge in [-0.15, -0.1) is 0 Å². The van der Waals surface area contributed by atoms with Crippen molar-refractivity contribution >= 4 is 5.91 Å². The van der Waals surface area contributed by atoms with Crippen molar-refractivity contribution in [3.05, 3.63) is 65.2 Å². The predicted molar refractivity (Wildman–Crippen MR) is 142 cm³/mol. The summed E-state index contributed by atoms with van der Waals surface area (Å²) in [5.74, 6) is 3.44. The van der Waals surface area contributed by atoms with Gasteiger partial charge in [-0.3, -0.25) is 4.79 Å². The molecular formula is C29H33NO8. The van der Waals surface area contributed by atoms with Gasteiger partial charge in [0.05, 0.1) is 48.7 Å². The molecule has 1 amide bonds. The minimum Gasteiger partial charge on any atom is -0.493 e. The molecule has 0 spiro atoms. The second-order valence-corrected chi connectivity index (χ2v) is 8.55. The number of amides is 1. The van der Waals surface area contributed by atoms with Gasteiger partial charge in [-0.05, 0) is 53.9 Å². The van der Waals surface area contributed by atoms with Crippen LogP contribution in [0.4, 0.5) is 0 Å². The molecule has 0 fully saturated rings. The summed E-state index contributed by atoms with van der Waals surface area (Å²) in [6.45, 7) is 0.664. The molecule has 0 saturated carbocycles. The second kappa shape index (κ2) is 11.9. The lowest BCUT2D eigenvalue weighted by atomic mass is 9.91. The Labute approximate surface area is 222 Å². The molecule has 0 unspecified atom stereocenters. The minimum atomic E-state index is -0.421. The first-order chi connectivity index (χ1) is 18.5. The highest BCUT2D eigenvalue weighted by Crippen LogP contribution is 2.42. The number of fused-ring (bicyclic) bond motifs is 1. The molecule has 1 atom stereocenters. The second-order valence-electron chi connectivity index (χ2n) is 8.55. The number of carbonyl (C=O) groups excluding carboxylic acids is 1. The number of nitrogens with zero attached hydrogens (tertiary/aromatic N) is 1. The van der Waals surface area contributed by atoms with Gasteiger partial charge < -0.3 is 38.1 Å². The Morgan fingerprint density at radius 1 is 0.737 bits per heavy atom. The molecule has 1 aliphatic rings. The average molecular weight is 524 g/mol. The van der Waals surface area contributed by atoms with E-state index in [1.54, 1.807) is 38.4 Å². The van der Waals surface area contributed by atoms with E-state index >= 15 is 0 Å². The number of hydrogen-bond acceptors (Lipinski definition) is 8. The fourth-order valence-corrected chi connectivity index (χ4v) is 4.73. The molecule has 0 aromatic heterocycles. The van der Waals surface area contributed by atoms with Crippen LogP contribution in [0.5, 0.6) is 40.2 Å². The zero-order chi connectivity index (χ0) is 27.2. The molecule has 0 radical (unpaired) electrons. The first-order valence-electron chi connectivity index (χ1n) is 12.1. The highest BCUT2D eigenvalue weighted by Gasteiger charge is 2.34. The Bertz CT molecular complexity index is 1270. The summed E-state index contributed by atoms with van der Waals surface area (Å²) in [5.41, 5.74) is 2.39. The minimum absolute atomic E-state index is 0.193. The van der Waals surface area contributed by atoms with Crippen LogP contribution in [-0.4, -0.2) is 66.6 Å². The molecule has 3 aromatic rings. The van der Waals surface area contributed by atoms with Gasteiger partial charge in [0.1, 0.15) is 6.61 Å². The van der Waals surface area contributed by atoms with E-state index in [-0.39, 0.29) is 12.5 Å². The Kier molecular flexibility index (Phi) is 8.35. The summed E-state index contributed by atoms with van der Waals surface area (Å²) in [6, 6.07) is 14.2. The van der Waals surface area contributed by atoms with Crippen molar-refractivity contribution < 1.29 is 38.0 Å². The molecule has 3 aromatic carbocycles. The number of para-hydroxylation sites is 2. The number of hydrogen-bond donors (Lipinski definition) is 0. The van der Waals surface area contributed by atoms with E-state index in [1.165, 1.54) is 21.3 Å². The van der Waals surface area contributed by atoms with Gasteiger partial charge in [-0.2, -0.15) is 0 Å². The average Bonchev–Trinajstić information content (AvgIpc) is 2.97. The Morgan fingerprint density at radius 3 is 1.89 bits per heavy atom. The molecule has 1 aliphatic heterocycles. The fraction of sp³-hybridized carbons (Fsp3) is 0.345. The number of benzene rings is 3. The maximum absolute atomic E-state index is 14.0. The van der Waals surface area contributed by atoms with Gasteiger partial charge in [0.2, 0.25) is 5.75 Å². The largest absolute Gasteiger partial charge is 0.493 e. The third-order valence-corrected chi connectivity index (χ3v) is 6.64. The fourth-order valence-electron chi connectivity index (χ4n) is 4.73. The number of ether oxygens (including phenoxy) is 7. The molecule has 0 bridgehead atoms. The van der Waals surface area contributed by atoms with Gasteiger partial charge in [0.15, 0.2) is 34.5 Å². The van der Waals surface area contributed by atoms with Crippen LogP contribution in [0.15, 0.2) is 48.5 Å². The highest BCUT2D eigenvalue weighted by atomic mass is 16.5. The van der Waals surface area contributed by atoms with Crippen molar-refractivity contribution in [1.29, 1.82) is 0 Å². The van der Waals surface area contributed by atoms with Crippen LogP contribution in [0.1, 0.15) is 27.5 Å². The van der Waals surface area contributed by atoms with Crippen LogP contribution in [0.25, 0.3) is 0 Å². The molecule has 1 heterocycles. The van der Waals surface area contributed by atoms with Gasteiger partial charge in [-0.25, -0.2) is 0 Å². The third kappa shape index (κ3) is 5.09.